The molecule has 0 saturated carbocycles. The second-order valence-corrected chi connectivity index (χ2v) is 7.66. The Bertz CT molecular complexity index is 813. The van der Waals surface area contributed by atoms with E-state index in [-0.39, 0.29) is 24.3 Å². The van der Waals surface area contributed by atoms with E-state index in [0.29, 0.717) is 25.5 Å². The topological polar surface area (TPSA) is 58.6 Å². The van der Waals surface area contributed by atoms with Crippen molar-refractivity contribution in [3.63, 3.8) is 0 Å². The molecule has 0 radical (unpaired) electrons. The number of benzene rings is 2. The van der Waals surface area contributed by atoms with Gasteiger partial charge in [-0.2, -0.15) is 0 Å². The summed E-state index contributed by atoms with van der Waals surface area (Å²) in [5.74, 6) is 0.490. The first-order valence-corrected chi connectivity index (χ1v) is 9.78. The van der Waals surface area contributed by atoms with Gasteiger partial charge in [0.1, 0.15) is 6.61 Å². The van der Waals surface area contributed by atoms with Crippen LogP contribution in [0.3, 0.4) is 0 Å². The van der Waals surface area contributed by atoms with Gasteiger partial charge in [-0.25, -0.2) is 0 Å². The van der Waals surface area contributed by atoms with Crippen LogP contribution >= 0.6 is 0 Å². The molecule has 1 fully saturated rings. The van der Waals surface area contributed by atoms with Crippen LogP contribution in [0.25, 0.3) is 0 Å². The van der Waals surface area contributed by atoms with Gasteiger partial charge < -0.3 is 15.0 Å². The first-order valence-electron chi connectivity index (χ1n) is 9.78. The van der Waals surface area contributed by atoms with Crippen molar-refractivity contribution in [3.8, 4) is 0 Å². The van der Waals surface area contributed by atoms with Crippen molar-refractivity contribution in [3.05, 3.63) is 59.7 Å². The summed E-state index contributed by atoms with van der Waals surface area (Å²) in [4.78, 5) is 26.3. The Hall–Kier alpha value is -2.66. The minimum Gasteiger partial charge on any atom is -0.370 e. The Morgan fingerprint density at radius 2 is 1.79 bits per heavy atom. The minimum absolute atomic E-state index is 0.00512. The second-order valence-electron chi connectivity index (χ2n) is 7.66. The molecule has 2 aromatic carbocycles. The van der Waals surface area contributed by atoms with Crippen LogP contribution < -0.4 is 10.2 Å². The molecule has 1 aliphatic heterocycles. The number of carbonyl (C=O) groups excluding carboxylic acids is 2. The average Bonchev–Trinajstić information content (AvgIpc) is 2.68. The molecule has 1 saturated heterocycles. The summed E-state index contributed by atoms with van der Waals surface area (Å²) in [7, 11) is 0. The summed E-state index contributed by atoms with van der Waals surface area (Å²) in [6, 6.07) is 15.8. The molecule has 148 valence electrons. The van der Waals surface area contributed by atoms with Crippen LogP contribution in [0, 0.1) is 12.8 Å². The lowest BCUT2D eigenvalue weighted by Gasteiger charge is -2.27. The number of nitrogens with one attached hydrogen (secondary N) is 1. The maximum atomic E-state index is 12.6. The number of hydrogen-bond acceptors (Lipinski definition) is 3. The Morgan fingerprint density at radius 1 is 1.11 bits per heavy atom. The fourth-order valence-electron chi connectivity index (χ4n) is 3.48. The van der Waals surface area contributed by atoms with E-state index in [0.717, 1.165) is 11.4 Å². The molecule has 3 rings (SSSR count). The lowest BCUT2D eigenvalue weighted by atomic mass is 9.85. The van der Waals surface area contributed by atoms with Crippen LogP contribution in [0.5, 0.6) is 0 Å². The molecule has 28 heavy (non-hydrogen) atoms. The third-order valence-corrected chi connectivity index (χ3v) is 5.16. The number of carbonyl (C=O) groups is 2. The lowest BCUT2D eigenvalue weighted by Crippen LogP contribution is -2.41. The average molecular weight is 380 g/mol. The zero-order valence-electron chi connectivity index (χ0n) is 16.8. The summed E-state index contributed by atoms with van der Waals surface area (Å²) in [5.41, 5.74) is 3.97. The number of amides is 2. The highest BCUT2D eigenvalue weighted by Gasteiger charge is 2.21. The van der Waals surface area contributed by atoms with Crippen LogP contribution in [0.4, 0.5) is 11.4 Å². The Kier molecular flexibility index (Phi) is 6.47. The molecule has 1 aliphatic rings. The van der Waals surface area contributed by atoms with Crippen LogP contribution in [0.1, 0.15) is 37.3 Å². The molecule has 0 spiro atoms. The molecule has 1 unspecified atom stereocenters. The largest absolute Gasteiger partial charge is 0.370 e. The van der Waals surface area contributed by atoms with Crippen molar-refractivity contribution in [2.45, 2.75) is 33.1 Å². The van der Waals surface area contributed by atoms with Crippen LogP contribution in [-0.2, 0) is 14.3 Å². The van der Waals surface area contributed by atoms with Gasteiger partial charge in [0.05, 0.1) is 6.61 Å². The minimum atomic E-state index is -0.0408. The Labute approximate surface area is 166 Å². The maximum Gasteiger partial charge on any atom is 0.253 e. The molecule has 2 aromatic rings. The van der Waals surface area contributed by atoms with E-state index in [1.807, 2.05) is 24.3 Å². The molecule has 1 N–H and O–H groups in total. The second kappa shape index (κ2) is 9.02. The van der Waals surface area contributed by atoms with Crippen molar-refractivity contribution in [2.24, 2.45) is 5.92 Å². The van der Waals surface area contributed by atoms with Crippen LogP contribution in [0.2, 0.25) is 0 Å². The highest BCUT2D eigenvalue weighted by atomic mass is 16.5. The smallest absolute Gasteiger partial charge is 0.253 e. The van der Waals surface area contributed by atoms with E-state index in [1.54, 1.807) is 4.90 Å². The van der Waals surface area contributed by atoms with Crippen LogP contribution in [-0.4, -0.2) is 31.6 Å². The quantitative estimate of drug-likeness (QED) is 0.820. The summed E-state index contributed by atoms with van der Waals surface area (Å²) >= 11 is 0. The van der Waals surface area contributed by atoms with Gasteiger partial charge in [0, 0.05) is 24.3 Å². The van der Waals surface area contributed by atoms with E-state index < -0.39 is 0 Å². The first kappa shape index (κ1) is 20.1. The molecule has 2 amide bonds. The molecule has 1 heterocycles. The molecule has 5 heteroatoms. The van der Waals surface area contributed by atoms with E-state index in [9.17, 15) is 9.59 Å². The van der Waals surface area contributed by atoms with Gasteiger partial charge in [-0.15, -0.1) is 0 Å². The zero-order chi connectivity index (χ0) is 20.1. The van der Waals surface area contributed by atoms with Crippen molar-refractivity contribution in [2.75, 3.05) is 30.0 Å². The molecule has 0 bridgehead atoms. The highest BCUT2D eigenvalue weighted by Crippen LogP contribution is 2.29. The molecule has 1 atom stereocenters. The monoisotopic (exact) mass is 380 g/mol. The molecule has 0 aliphatic carbocycles. The maximum absolute atomic E-state index is 12.6. The predicted molar refractivity (Wildman–Crippen MR) is 112 cm³/mol. The number of hydrogen-bond donors (Lipinski definition) is 1. The van der Waals surface area contributed by atoms with Gasteiger partial charge in [0.15, 0.2) is 0 Å². The van der Waals surface area contributed by atoms with Gasteiger partial charge in [-0.3, -0.25) is 9.59 Å². The normalized spacial score (nSPS) is 15.6. The SMILES string of the molecule is Cc1ccc(C(CC(=O)Nc2ccc(N3CCOCC3=O)cc2)C(C)C)cc1. The van der Waals surface area contributed by atoms with Crippen molar-refractivity contribution in [1.29, 1.82) is 0 Å². The predicted octanol–water partition coefficient (Wildman–Crippen LogP) is 4.13. The number of aryl methyl sites for hydroxylation is 1. The summed E-state index contributed by atoms with van der Waals surface area (Å²) in [6.07, 6.45) is 0.435. The van der Waals surface area contributed by atoms with Crippen molar-refractivity contribution in [1.82, 2.24) is 0 Å². The number of ether oxygens (including phenoxy) is 1. The highest BCUT2D eigenvalue weighted by molar-refractivity contribution is 5.95. The summed E-state index contributed by atoms with van der Waals surface area (Å²) < 4.78 is 5.16. The van der Waals surface area contributed by atoms with E-state index in [4.69, 9.17) is 4.74 Å². The van der Waals surface area contributed by atoms with Gasteiger partial charge in [0.25, 0.3) is 5.91 Å². The van der Waals surface area contributed by atoms with E-state index in [2.05, 4.69) is 50.4 Å². The molecular weight excluding hydrogens is 352 g/mol. The Morgan fingerprint density at radius 3 is 2.39 bits per heavy atom. The lowest BCUT2D eigenvalue weighted by molar-refractivity contribution is -0.125. The van der Waals surface area contributed by atoms with E-state index >= 15 is 0 Å². The van der Waals surface area contributed by atoms with Crippen molar-refractivity contribution < 1.29 is 14.3 Å². The zero-order valence-corrected chi connectivity index (χ0v) is 16.8. The van der Waals surface area contributed by atoms with Gasteiger partial charge in [0.2, 0.25) is 5.91 Å². The number of nitrogens with zero attached hydrogens (tertiary/aromatic N) is 1. The van der Waals surface area contributed by atoms with Gasteiger partial charge >= 0.3 is 0 Å². The standard InChI is InChI=1S/C23H28N2O3/c1-16(2)21(18-6-4-17(3)5-7-18)14-22(26)24-19-8-10-20(11-9-19)25-12-13-28-15-23(25)27/h4-11,16,21H,12-15H2,1-3H3,(H,24,26). The summed E-state index contributed by atoms with van der Waals surface area (Å²) in [6.45, 7) is 7.57. The number of anilines is 2. The van der Waals surface area contributed by atoms with Gasteiger partial charge in [-0.05, 0) is 48.6 Å². The summed E-state index contributed by atoms with van der Waals surface area (Å²) in [5, 5.41) is 2.98. The van der Waals surface area contributed by atoms with E-state index in [1.165, 1.54) is 11.1 Å². The third kappa shape index (κ3) is 4.98. The fourth-order valence-corrected chi connectivity index (χ4v) is 3.48. The fraction of sp³-hybridized carbons (Fsp3) is 0.391. The van der Waals surface area contributed by atoms with Gasteiger partial charge in [-0.1, -0.05) is 43.7 Å². The van der Waals surface area contributed by atoms with Crippen molar-refractivity contribution >= 4 is 23.2 Å². The Balaban J connectivity index is 1.63. The molecule has 0 aromatic heterocycles. The van der Waals surface area contributed by atoms with Crippen LogP contribution in [0.15, 0.2) is 48.5 Å². The number of morpholine rings is 1. The first-order chi connectivity index (χ1) is 13.4. The molecular formula is C23H28N2O3. The third-order valence-electron chi connectivity index (χ3n) is 5.16. The molecule has 5 nitrogen and oxygen atoms in total. The number of rotatable bonds is 6.